The van der Waals surface area contributed by atoms with Crippen molar-refractivity contribution >= 4 is 17.3 Å². The molecule has 1 aromatic heterocycles. The molecule has 1 aromatic carbocycles. The summed E-state index contributed by atoms with van der Waals surface area (Å²) in [5.74, 6) is -0.384. The van der Waals surface area contributed by atoms with Crippen LogP contribution in [0.15, 0.2) is 35.7 Å². The first kappa shape index (κ1) is 27.2. The lowest BCUT2D eigenvalue weighted by atomic mass is 10.2. The van der Waals surface area contributed by atoms with E-state index in [1.807, 2.05) is 66.0 Å². The third-order valence-electron chi connectivity index (χ3n) is 2.19. The molecular formula is C20H33FO2S. The highest BCUT2D eigenvalue weighted by molar-refractivity contribution is 7.12. The maximum Gasteiger partial charge on any atom is 0.348 e. The summed E-state index contributed by atoms with van der Waals surface area (Å²) in [6.45, 7) is 15.7. The molecule has 0 amide bonds. The molecule has 0 aliphatic carbocycles. The average Bonchev–Trinajstić information content (AvgIpc) is 3.09. The van der Waals surface area contributed by atoms with Crippen molar-refractivity contribution in [2.45, 2.75) is 55.4 Å². The van der Waals surface area contributed by atoms with Crippen LogP contribution in [0, 0.1) is 19.7 Å². The third-order valence-corrected chi connectivity index (χ3v) is 3.22. The zero-order valence-electron chi connectivity index (χ0n) is 16.6. The van der Waals surface area contributed by atoms with E-state index in [2.05, 4.69) is 4.74 Å². The number of carbonyl (C=O) groups is 1. The Morgan fingerprint density at radius 2 is 1.50 bits per heavy atom. The Kier molecular flexibility index (Phi) is 21.9. The molecule has 0 fully saturated rings. The summed E-state index contributed by atoms with van der Waals surface area (Å²) in [6, 6.07) is 8.52. The van der Waals surface area contributed by atoms with E-state index in [4.69, 9.17) is 0 Å². The Labute approximate surface area is 151 Å². The fourth-order valence-electron chi connectivity index (χ4n) is 1.19. The fraction of sp³-hybridized carbons (Fsp3) is 0.450. The first-order valence-corrected chi connectivity index (χ1v) is 9.27. The van der Waals surface area contributed by atoms with Crippen LogP contribution >= 0.6 is 11.3 Å². The quantitative estimate of drug-likeness (QED) is 0.511. The molecule has 0 unspecified atom stereocenters. The number of methoxy groups -OCH3 is 1. The van der Waals surface area contributed by atoms with Gasteiger partial charge in [-0.15, -0.1) is 11.3 Å². The molecule has 1 heterocycles. The van der Waals surface area contributed by atoms with E-state index >= 15 is 0 Å². The maximum absolute atomic E-state index is 12.3. The number of hydrogen-bond donors (Lipinski definition) is 0. The van der Waals surface area contributed by atoms with Gasteiger partial charge in [-0.2, -0.15) is 0 Å². The average molecular weight is 357 g/mol. The summed E-state index contributed by atoms with van der Waals surface area (Å²) >= 11 is 1.41. The standard InChI is InChI=1S/C7H7F.C7H8O2S.3C2H6/c1-6-4-2-3-5-7(6)8;1-5-3-6(10-4-5)7(8)9-2;3*1-2/h2-5H,1H3;3-4H,1-2H3;3*1-2H3. The van der Waals surface area contributed by atoms with Gasteiger partial charge in [-0.05, 0) is 42.5 Å². The number of esters is 1. The van der Waals surface area contributed by atoms with Crippen molar-refractivity contribution in [1.82, 2.24) is 0 Å². The molecule has 0 aliphatic rings. The molecule has 0 spiro atoms. The number of carbonyl (C=O) groups excluding carboxylic acids is 1. The van der Waals surface area contributed by atoms with Gasteiger partial charge >= 0.3 is 5.97 Å². The number of ether oxygens (including phenoxy) is 1. The van der Waals surface area contributed by atoms with Gasteiger partial charge in [0.15, 0.2) is 0 Å². The topological polar surface area (TPSA) is 26.3 Å². The number of rotatable bonds is 1. The van der Waals surface area contributed by atoms with Crippen LogP contribution in [0.5, 0.6) is 0 Å². The van der Waals surface area contributed by atoms with Crippen molar-refractivity contribution < 1.29 is 13.9 Å². The highest BCUT2D eigenvalue weighted by atomic mass is 32.1. The van der Waals surface area contributed by atoms with Gasteiger partial charge in [0.2, 0.25) is 0 Å². The maximum atomic E-state index is 12.3. The summed E-state index contributed by atoms with van der Waals surface area (Å²) < 4.78 is 16.8. The monoisotopic (exact) mass is 356 g/mol. The van der Waals surface area contributed by atoms with E-state index in [1.165, 1.54) is 24.5 Å². The van der Waals surface area contributed by atoms with Crippen LogP contribution in [0.3, 0.4) is 0 Å². The Balaban J connectivity index is -0.000000284. The van der Waals surface area contributed by atoms with Gasteiger partial charge in [0.1, 0.15) is 10.7 Å². The Morgan fingerprint density at radius 3 is 1.79 bits per heavy atom. The Bertz CT molecular complexity index is 501. The molecule has 0 N–H and O–H groups in total. The molecule has 0 radical (unpaired) electrons. The highest BCUT2D eigenvalue weighted by Gasteiger charge is 2.05. The second-order valence-corrected chi connectivity index (χ2v) is 4.64. The fourth-order valence-corrected chi connectivity index (χ4v) is 2.00. The van der Waals surface area contributed by atoms with Crippen LogP contribution < -0.4 is 0 Å². The predicted molar refractivity (Wildman–Crippen MR) is 106 cm³/mol. The molecule has 24 heavy (non-hydrogen) atoms. The lowest BCUT2D eigenvalue weighted by Crippen LogP contribution is -1.96. The third kappa shape index (κ3) is 12.8. The second kappa shape index (κ2) is 19.4. The molecule has 2 aromatic rings. The molecular weight excluding hydrogens is 323 g/mol. The van der Waals surface area contributed by atoms with Crippen molar-refractivity contribution in [3.8, 4) is 0 Å². The van der Waals surface area contributed by atoms with Crippen LogP contribution in [0.1, 0.15) is 62.3 Å². The molecule has 0 aliphatic heterocycles. The van der Waals surface area contributed by atoms with E-state index in [0.29, 0.717) is 10.4 Å². The summed E-state index contributed by atoms with van der Waals surface area (Å²) in [4.78, 5) is 11.5. The number of halogens is 1. The van der Waals surface area contributed by atoms with Gasteiger partial charge < -0.3 is 4.74 Å². The molecule has 0 atom stereocenters. The molecule has 0 saturated carbocycles. The summed E-state index contributed by atoms with van der Waals surface area (Å²) in [7, 11) is 1.39. The normalized spacial score (nSPS) is 7.75. The van der Waals surface area contributed by atoms with Gasteiger partial charge in [-0.1, -0.05) is 59.7 Å². The van der Waals surface area contributed by atoms with Crippen molar-refractivity contribution in [1.29, 1.82) is 0 Å². The second-order valence-electron chi connectivity index (χ2n) is 3.73. The first-order valence-electron chi connectivity index (χ1n) is 8.39. The van der Waals surface area contributed by atoms with Crippen LogP contribution in [-0.2, 0) is 4.74 Å². The number of aryl methyl sites for hydroxylation is 2. The van der Waals surface area contributed by atoms with E-state index in [-0.39, 0.29) is 11.8 Å². The van der Waals surface area contributed by atoms with E-state index in [1.54, 1.807) is 19.1 Å². The van der Waals surface area contributed by atoms with E-state index in [9.17, 15) is 9.18 Å². The SMILES string of the molecule is CC.CC.CC.COC(=O)c1cc(C)cs1.Cc1ccccc1F. The molecule has 2 nitrogen and oxygen atoms in total. The minimum absolute atomic E-state index is 0.132. The minimum atomic E-state index is -0.252. The Hall–Kier alpha value is -1.68. The largest absolute Gasteiger partial charge is 0.465 e. The molecule has 4 heteroatoms. The zero-order valence-corrected chi connectivity index (χ0v) is 17.4. The lowest BCUT2D eigenvalue weighted by molar-refractivity contribution is 0.0606. The molecule has 0 saturated heterocycles. The number of benzene rings is 1. The van der Waals surface area contributed by atoms with Crippen LogP contribution in [-0.4, -0.2) is 13.1 Å². The van der Waals surface area contributed by atoms with Crippen LogP contribution in [0.25, 0.3) is 0 Å². The summed E-state index contributed by atoms with van der Waals surface area (Å²) in [5.41, 5.74) is 1.80. The van der Waals surface area contributed by atoms with Crippen molar-refractivity contribution in [3.63, 3.8) is 0 Å². The molecule has 138 valence electrons. The first-order chi connectivity index (χ1) is 11.5. The summed E-state index contributed by atoms with van der Waals surface area (Å²) in [6.07, 6.45) is 0. The van der Waals surface area contributed by atoms with Crippen LogP contribution in [0.2, 0.25) is 0 Å². The number of thiophene rings is 1. The van der Waals surface area contributed by atoms with Gasteiger partial charge in [0.05, 0.1) is 7.11 Å². The summed E-state index contributed by atoms with van der Waals surface area (Å²) in [5, 5.41) is 1.92. The van der Waals surface area contributed by atoms with E-state index in [0.717, 1.165) is 5.56 Å². The minimum Gasteiger partial charge on any atom is -0.465 e. The molecule has 2 rings (SSSR count). The Morgan fingerprint density at radius 1 is 1.00 bits per heavy atom. The predicted octanol–water partition coefficient (Wildman–Crippen LogP) is 7.06. The highest BCUT2D eigenvalue weighted by Crippen LogP contribution is 2.13. The van der Waals surface area contributed by atoms with Gasteiger partial charge in [-0.3, -0.25) is 0 Å². The van der Waals surface area contributed by atoms with Crippen molar-refractivity contribution in [2.24, 2.45) is 0 Å². The zero-order chi connectivity index (χ0) is 19.5. The smallest absolute Gasteiger partial charge is 0.348 e. The van der Waals surface area contributed by atoms with Crippen molar-refractivity contribution in [3.05, 3.63) is 57.5 Å². The van der Waals surface area contributed by atoms with Gasteiger partial charge in [0, 0.05) is 0 Å². The van der Waals surface area contributed by atoms with Crippen molar-refractivity contribution in [2.75, 3.05) is 7.11 Å². The van der Waals surface area contributed by atoms with Crippen LogP contribution in [0.4, 0.5) is 4.39 Å². The molecule has 0 bridgehead atoms. The lowest BCUT2D eigenvalue weighted by Gasteiger charge is -1.90. The number of hydrogen-bond acceptors (Lipinski definition) is 3. The van der Waals surface area contributed by atoms with Gasteiger partial charge in [-0.25, -0.2) is 9.18 Å². The van der Waals surface area contributed by atoms with Gasteiger partial charge in [0.25, 0.3) is 0 Å². The van der Waals surface area contributed by atoms with E-state index < -0.39 is 0 Å².